The number of benzene rings is 1. The maximum atomic E-state index is 14.2. The van der Waals surface area contributed by atoms with Crippen LogP contribution in [-0.4, -0.2) is 5.60 Å². The molecule has 28 heavy (non-hydrogen) atoms. The zero-order chi connectivity index (χ0) is 21.2. The largest absolute Gasteiger partial charge is 0.507 e. The van der Waals surface area contributed by atoms with Gasteiger partial charge in [0.05, 0.1) is 18.7 Å². The Hall–Kier alpha value is -3.75. The summed E-state index contributed by atoms with van der Waals surface area (Å²) in [5.41, 5.74) is 4.88. The number of halogens is 4. The quantitative estimate of drug-likeness (QED) is 0.149. The molecule has 1 aromatic carbocycles. The number of hydrogen-bond acceptors (Lipinski definition) is 2. The van der Waals surface area contributed by atoms with Crippen molar-refractivity contribution < 1.29 is 22.3 Å². The van der Waals surface area contributed by atoms with Crippen molar-refractivity contribution in [2.24, 2.45) is 5.11 Å². The maximum Gasteiger partial charge on any atom is 0.224 e. The van der Waals surface area contributed by atoms with E-state index in [0.29, 0.717) is 0 Å². The van der Waals surface area contributed by atoms with Crippen LogP contribution in [0.1, 0.15) is 26.3 Å². The third-order valence-electron chi connectivity index (χ3n) is 3.92. The van der Waals surface area contributed by atoms with Crippen LogP contribution < -0.4 is 0 Å². The molecule has 0 aromatic heterocycles. The van der Waals surface area contributed by atoms with Gasteiger partial charge in [-0.1, -0.05) is 11.2 Å². The molecule has 1 aliphatic rings. The van der Waals surface area contributed by atoms with Gasteiger partial charge in [0, 0.05) is 10.5 Å². The highest BCUT2D eigenvalue weighted by atomic mass is 19.2. The molecule has 1 heterocycles. The molecule has 0 saturated carbocycles. The molecule has 0 bridgehead atoms. The Bertz CT molecular complexity index is 1070. The number of allylic oxidation sites excluding steroid dienone is 1. The number of rotatable bonds is 3. The number of azide groups is 1. The van der Waals surface area contributed by atoms with E-state index in [0.717, 1.165) is 12.2 Å². The fourth-order valence-corrected chi connectivity index (χ4v) is 2.54. The Balaban J connectivity index is 2.71. The van der Waals surface area contributed by atoms with Gasteiger partial charge >= 0.3 is 0 Å². The molecule has 1 aliphatic heterocycles. The summed E-state index contributed by atoms with van der Waals surface area (Å²) in [7, 11) is 0. The molecule has 142 valence electrons. The van der Waals surface area contributed by atoms with Gasteiger partial charge in [0.15, 0.2) is 29.0 Å². The van der Waals surface area contributed by atoms with E-state index in [9.17, 15) is 17.6 Å². The van der Waals surface area contributed by atoms with E-state index in [-0.39, 0.29) is 22.7 Å². The summed E-state index contributed by atoms with van der Waals surface area (Å²) in [5, 5.41) is 2.62. The second-order valence-corrected chi connectivity index (χ2v) is 6.05. The van der Waals surface area contributed by atoms with E-state index in [1.807, 2.05) is 0 Å². The van der Waals surface area contributed by atoms with Crippen LogP contribution in [0.2, 0.25) is 0 Å². The highest BCUT2D eigenvalue weighted by Crippen LogP contribution is 2.42. The lowest BCUT2D eigenvalue weighted by Gasteiger charge is -2.22. The van der Waals surface area contributed by atoms with E-state index in [1.165, 1.54) is 6.92 Å². The van der Waals surface area contributed by atoms with Crippen LogP contribution in [0.5, 0.6) is 0 Å². The Morgan fingerprint density at radius 2 is 1.64 bits per heavy atom. The first-order valence-electron chi connectivity index (χ1n) is 7.59. The van der Waals surface area contributed by atoms with Crippen molar-refractivity contribution in [2.45, 2.75) is 26.4 Å². The van der Waals surface area contributed by atoms with Crippen molar-refractivity contribution in [3.05, 3.63) is 90.9 Å². The summed E-state index contributed by atoms with van der Waals surface area (Å²) in [6.45, 7) is 18.9. The monoisotopic (exact) mass is 389 g/mol. The molecule has 0 fully saturated rings. The zero-order valence-electron chi connectivity index (χ0n) is 14.8. The third-order valence-corrected chi connectivity index (χ3v) is 3.92. The number of nitrogens with zero attached hydrogens (tertiary/aromatic N) is 5. The topological polar surface area (TPSA) is 66.7 Å². The average Bonchev–Trinajstić information content (AvgIpc) is 2.93. The summed E-state index contributed by atoms with van der Waals surface area (Å²) in [6, 6.07) is 0. The summed E-state index contributed by atoms with van der Waals surface area (Å²) < 4.78 is 61.7. The first-order chi connectivity index (χ1) is 13.1. The zero-order valence-corrected chi connectivity index (χ0v) is 14.8. The SMILES string of the molecule is [C-]#[N+]C(C)=C1OC(C)(C)C(C=Cc2c(F)c(F)c(N=[N+]=[N-])c(F)c2F)=C1[N+]#[C-]. The van der Waals surface area contributed by atoms with Gasteiger partial charge in [-0.25, -0.2) is 27.3 Å². The molecule has 0 saturated heterocycles. The third kappa shape index (κ3) is 3.29. The summed E-state index contributed by atoms with van der Waals surface area (Å²) in [5.74, 6) is -7.18. The molecule has 1 aromatic rings. The van der Waals surface area contributed by atoms with Crippen LogP contribution in [0.3, 0.4) is 0 Å². The molecule has 0 aliphatic carbocycles. The standard InChI is InChI=1S/C18H11F4N5O/c1-8(24-4)17-15(25-5)10(18(2,3)28-17)7-6-9-11(19)13(21)16(26-27-23)14(22)12(9)20/h6-7H,1-3H3. The summed E-state index contributed by atoms with van der Waals surface area (Å²) in [4.78, 5) is 8.65. The van der Waals surface area contributed by atoms with Gasteiger partial charge in [0.1, 0.15) is 17.0 Å². The van der Waals surface area contributed by atoms with Crippen molar-refractivity contribution in [1.29, 1.82) is 0 Å². The normalized spacial score (nSPS) is 17.0. The first-order valence-corrected chi connectivity index (χ1v) is 7.59. The van der Waals surface area contributed by atoms with Crippen LogP contribution in [0.15, 0.2) is 33.9 Å². The van der Waals surface area contributed by atoms with Crippen LogP contribution in [0, 0.1) is 36.4 Å². The van der Waals surface area contributed by atoms with Crippen molar-refractivity contribution in [1.82, 2.24) is 0 Å². The van der Waals surface area contributed by atoms with Gasteiger partial charge < -0.3 is 4.74 Å². The molecular weight excluding hydrogens is 378 g/mol. The smallest absolute Gasteiger partial charge is 0.224 e. The van der Waals surface area contributed by atoms with Gasteiger partial charge in [-0.05, 0) is 32.4 Å². The molecule has 0 amide bonds. The minimum atomic E-state index is -1.85. The number of hydrogen-bond donors (Lipinski definition) is 0. The van der Waals surface area contributed by atoms with Crippen molar-refractivity contribution >= 4 is 11.8 Å². The second kappa shape index (κ2) is 7.47. The van der Waals surface area contributed by atoms with Crippen molar-refractivity contribution in [2.75, 3.05) is 0 Å². The molecule has 2 rings (SSSR count). The molecule has 10 heteroatoms. The molecular formula is C18H11F4N5O. The lowest BCUT2D eigenvalue weighted by Crippen LogP contribution is -2.20. The lowest BCUT2D eigenvalue weighted by atomic mass is 9.96. The van der Waals surface area contributed by atoms with Crippen LogP contribution in [0.25, 0.3) is 26.2 Å². The highest BCUT2D eigenvalue weighted by Gasteiger charge is 2.37. The number of ether oxygens (including phenoxy) is 1. The molecule has 0 atom stereocenters. The van der Waals surface area contributed by atoms with Gasteiger partial charge in [-0.15, -0.1) is 0 Å². The molecule has 0 spiro atoms. The van der Waals surface area contributed by atoms with Crippen LogP contribution in [-0.2, 0) is 4.74 Å². The first kappa shape index (κ1) is 20.6. The molecule has 0 N–H and O–H groups in total. The highest BCUT2D eigenvalue weighted by molar-refractivity contribution is 5.63. The van der Waals surface area contributed by atoms with Gasteiger partial charge in [0.25, 0.3) is 0 Å². The fourth-order valence-electron chi connectivity index (χ4n) is 2.54. The molecule has 6 nitrogen and oxygen atoms in total. The Morgan fingerprint density at radius 3 is 2.11 bits per heavy atom. The molecule has 0 radical (unpaired) electrons. The van der Waals surface area contributed by atoms with E-state index >= 15 is 0 Å². The van der Waals surface area contributed by atoms with E-state index < -0.39 is 40.1 Å². The van der Waals surface area contributed by atoms with Crippen LogP contribution in [0.4, 0.5) is 23.2 Å². The Labute approximate surface area is 157 Å². The van der Waals surface area contributed by atoms with Gasteiger partial charge in [-0.2, -0.15) is 0 Å². The average molecular weight is 389 g/mol. The van der Waals surface area contributed by atoms with Crippen molar-refractivity contribution in [3.63, 3.8) is 0 Å². The molecule has 0 unspecified atom stereocenters. The van der Waals surface area contributed by atoms with Gasteiger partial charge in [0.2, 0.25) is 5.70 Å². The lowest BCUT2D eigenvalue weighted by molar-refractivity contribution is 0.0946. The minimum absolute atomic E-state index is 0.0201. The Kier molecular flexibility index (Phi) is 5.49. The van der Waals surface area contributed by atoms with E-state index in [4.69, 9.17) is 23.4 Å². The maximum absolute atomic E-state index is 14.2. The Morgan fingerprint density at radius 1 is 1.07 bits per heavy atom. The summed E-state index contributed by atoms with van der Waals surface area (Å²) >= 11 is 0. The van der Waals surface area contributed by atoms with Crippen LogP contribution >= 0.6 is 0 Å². The van der Waals surface area contributed by atoms with E-state index in [1.54, 1.807) is 13.8 Å². The van der Waals surface area contributed by atoms with Crippen molar-refractivity contribution in [3.8, 4) is 0 Å². The fraction of sp³-hybridized carbons (Fsp3) is 0.222. The van der Waals surface area contributed by atoms with E-state index in [2.05, 4.69) is 19.7 Å². The summed E-state index contributed by atoms with van der Waals surface area (Å²) in [6.07, 6.45) is 1.84. The predicted molar refractivity (Wildman–Crippen MR) is 92.2 cm³/mol. The second-order valence-electron chi connectivity index (χ2n) is 6.05. The predicted octanol–water partition coefficient (Wildman–Crippen LogP) is 6.33. The van der Waals surface area contributed by atoms with Gasteiger partial charge in [-0.3, -0.25) is 0 Å². The minimum Gasteiger partial charge on any atom is -0.507 e.